The van der Waals surface area contributed by atoms with Crippen LogP contribution in [-0.2, 0) is 4.74 Å². The van der Waals surface area contributed by atoms with Crippen LogP contribution in [0.5, 0.6) is 0 Å². The third kappa shape index (κ3) is 5.61. The van der Waals surface area contributed by atoms with E-state index in [1.54, 1.807) is 0 Å². The number of ether oxygens (including phenoxy) is 1. The highest BCUT2D eigenvalue weighted by Gasteiger charge is 2.10. The molecule has 0 amide bonds. The van der Waals surface area contributed by atoms with E-state index in [1.165, 1.54) is 12.1 Å². The van der Waals surface area contributed by atoms with Crippen LogP contribution in [0.1, 0.15) is 0 Å². The Morgan fingerprint density at radius 2 is 2.13 bits per heavy atom. The van der Waals surface area contributed by atoms with E-state index in [0.29, 0.717) is 13.2 Å². The van der Waals surface area contributed by atoms with Crippen molar-refractivity contribution in [3.05, 3.63) is 47.3 Å². The van der Waals surface area contributed by atoms with Crippen molar-refractivity contribution in [2.45, 2.75) is 0 Å². The standard InChI is InChI=1S/C6H4FNO2.C3H8NO/c7-5-3-1-2-4-6(5)8(9)10;1-5-3-2-4/h1-4H;1-4H2/q;+1. The fraction of sp³-hybridized carbons (Fsp3) is 0.222. The first kappa shape index (κ1) is 13.3. The minimum absolute atomic E-state index is 0.484. The molecular weight excluding hydrogens is 203 g/mol. The molecule has 0 heterocycles. The van der Waals surface area contributed by atoms with Crippen LogP contribution in [0.25, 0.3) is 0 Å². The Labute approximate surface area is 86.8 Å². The van der Waals surface area contributed by atoms with Crippen molar-refractivity contribution in [1.82, 2.24) is 0 Å². The fourth-order valence-corrected chi connectivity index (χ4v) is 0.683. The van der Waals surface area contributed by atoms with E-state index in [9.17, 15) is 14.5 Å². The molecule has 0 bridgehead atoms. The highest BCUT2D eigenvalue weighted by atomic mass is 19.1. The van der Waals surface area contributed by atoms with E-state index in [-0.39, 0.29) is 0 Å². The number of para-hydroxylation sites is 1. The van der Waals surface area contributed by atoms with E-state index in [4.69, 9.17) is 5.73 Å². The second-order valence-corrected chi connectivity index (χ2v) is 2.41. The summed E-state index contributed by atoms with van der Waals surface area (Å²) in [6, 6.07) is 5.00. The SMILES string of the molecule is O=[N+]([O-])c1ccccc1F.[CH2+]OCCN. The summed E-state index contributed by atoms with van der Waals surface area (Å²) in [5.74, 6) is -0.799. The summed E-state index contributed by atoms with van der Waals surface area (Å²) in [7, 11) is 3.10. The first-order chi connectivity index (χ1) is 7.13. The average Bonchev–Trinajstić information content (AvgIpc) is 2.20. The van der Waals surface area contributed by atoms with Gasteiger partial charge in [-0.2, -0.15) is 9.13 Å². The van der Waals surface area contributed by atoms with Crippen molar-refractivity contribution >= 4 is 5.69 Å². The van der Waals surface area contributed by atoms with Crippen LogP contribution in [0.15, 0.2) is 24.3 Å². The van der Waals surface area contributed by atoms with Crippen molar-refractivity contribution in [3.63, 3.8) is 0 Å². The molecule has 0 aliphatic heterocycles. The molecule has 82 valence electrons. The molecule has 1 aromatic carbocycles. The van der Waals surface area contributed by atoms with Gasteiger partial charge in [0.05, 0.1) is 4.92 Å². The molecule has 0 atom stereocenters. The van der Waals surface area contributed by atoms with Gasteiger partial charge in [0.25, 0.3) is 0 Å². The first-order valence-electron chi connectivity index (χ1n) is 4.09. The highest BCUT2D eigenvalue weighted by Crippen LogP contribution is 2.14. The van der Waals surface area contributed by atoms with Crippen LogP contribution in [0.3, 0.4) is 0 Å². The summed E-state index contributed by atoms with van der Waals surface area (Å²) in [6.07, 6.45) is 0. The van der Waals surface area contributed by atoms with Gasteiger partial charge in [0.15, 0.2) is 0 Å². The van der Waals surface area contributed by atoms with Crippen LogP contribution in [0.4, 0.5) is 10.1 Å². The average molecular weight is 215 g/mol. The monoisotopic (exact) mass is 215 g/mol. The first-order valence-corrected chi connectivity index (χ1v) is 4.09. The Balaban J connectivity index is 0.000000336. The second kappa shape index (κ2) is 7.72. The van der Waals surface area contributed by atoms with E-state index in [2.05, 4.69) is 11.8 Å². The van der Waals surface area contributed by atoms with Gasteiger partial charge in [0, 0.05) is 12.6 Å². The zero-order valence-electron chi connectivity index (χ0n) is 8.06. The molecule has 0 saturated carbocycles. The molecular formula is C9H12FN2O3+. The Morgan fingerprint density at radius 3 is 2.40 bits per heavy atom. The van der Waals surface area contributed by atoms with Crippen molar-refractivity contribution in [2.75, 3.05) is 13.2 Å². The van der Waals surface area contributed by atoms with E-state index >= 15 is 0 Å². The van der Waals surface area contributed by atoms with Gasteiger partial charge in [0.1, 0.15) is 6.61 Å². The number of halogens is 1. The zero-order valence-corrected chi connectivity index (χ0v) is 8.06. The van der Waals surface area contributed by atoms with Crippen LogP contribution in [0.2, 0.25) is 0 Å². The molecule has 0 saturated heterocycles. The van der Waals surface area contributed by atoms with Gasteiger partial charge >= 0.3 is 5.69 Å². The van der Waals surface area contributed by atoms with Gasteiger partial charge < -0.3 is 5.73 Å². The molecule has 15 heavy (non-hydrogen) atoms. The summed E-state index contributed by atoms with van der Waals surface area (Å²) in [4.78, 5) is 9.23. The van der Waals surface area contributed by atoms with Gasteiger partial charge in [-0.25, -0.2) is 0 Å². The Bertz CT molecular complexity index is 305. The number of nitro groups is 1. The number of hydrogen-bond donors (Lipinski definition) is 1. The molecule has 0 aliphatic carbocycles. The number of nitro benzene ring substituents is 1. The lowest BCUT2D eigenvalue weighted by molar-refractivity contribution is -0.387. The predicted molar refractivity (Wildman–Crippen MR) is 53.4 cm³/mol. The largest absolute Gasteiger partial charge is 0.328 e. The van der Waals surface area contributed by atoms with Crippen LogP contribution < -0.4 is 5.73 Å². The van der Waals surface area contributed by atoms with E-state index in [0.717, 1.165) is 12.1 Å². The molecule has 1 aromatic rings. The molecule has 6 heteroatoms. The molecule has 0 spiro atoms. The van der Waals surface area contributed by atoms with Crippen LogP contribution >= 0.6 is 0 Å². The quantitative estimate of drug-likeness (QED) is 0.470. The van der Waals surface area contributed by atoms with Crippen LogP contribution in [-0.4, -0.2) is 18.1 Å². The minimum Gasteiger partial charge on any atom is -0.328 e. The van der Waals surface area contributed by atoms with Crippen molar-refractivity contribution < 1.29 is 14.1 Å². The maximum atomic E-state index is 12.4. The number of benzene rings is 1. The van der Waals surface area contributed by atoms with Gasteiger partial charge in [0.2, 0.25) is 12.9 Å². The fourth-order valence-electron chi connectivity index (χ4n) is 0.683. The van der Waals surface area contributed by atoms with E-state index in [1.807, 2.05) is 0 Å². The summed E-state index contributed by atoms with van der Waals surface area (Å²) < 4.78 is 16.7. The topological polar surface area (TPSA) is 78.4 Å². The Kier molecular flexibility index (Phi) is 6.86. The maximum Gasteiger partial charge on any atom is 0.304 e. The van der Waals surface area contributed by atoms with Gasteiger partial charge in [-0.1, -0.05) is 12.1 Å². The summed E-state index contributed by atoms with van der Waals surface area (Å²) in [6.45, 7) is 1.11. The van der Waals surface area contributed by atoms with Gasteiger partial charge in [-0.05, 0) is 6.07 Å². The molecule has 1 rings (SSSR count). The Hall–Kier alpha value is -1.66. The van der Waals surface area contributed by atoms with Crippen LogP contribution in [0, 0.1) is 23.0 Å². The minimum atomic E-state index is -0.799. The van der Waals surface area contributed by atoms with E-state index < -0.39 is 16.4 Å². The third-order valence-electron chi connectivity index (χ3n) is 1.31. The van der Waals surface area contributed by atoms with Gasteiger partial charge in [-0.3, -0.25) is 10.1 Å². The molecule has 0 aliphatic rings. The second-order valence-electron chi connectivity index (χ2n) is 2.41. The number of rotatable bonds is 3. The smallest absolute Gasteiger partial charge is 0.304 e. The molecule has 0 fully saturated rings. The van der Waals surface area contributed by atoms with Crippen molar-refractivity contribution in [1.29, 1.82) is 0 Å². The molecule has 5 nitrogen and oxygen atoms in total. The Morgan fingerprint density at radius 1 is 1.53 bits per heavy atom. The molecule has 0 unspecified atom stereocenters. The predicted octanol–water partition coefficient (Wildman–Crippen LogP) is 1.49. The number of hydrogen-bond acceptors (Lipinski definition) is 4. The number of nitrogens with zero attached hydrogens (tertiary/aromatic N) is 1. The van der Waals surface area contributed by atoms with Gasteiger partial charge in [-0.15, -0.1) is 0 Å². The third-order valence-corrected chi connectivity index (χ3v) is 1.31. The maximum absolute atomic E-state index is 12.4. The molecule has 0 radical (unpaired) electrons. The lowest BCUT2D eigenvalue weighted by atomic mass is 10.3. The van der Waals surface area contributed by atoms with Crippen molar-refractivity contribution in [3.8, 4) is 0 Å². The summed E-state index contributed by atoms with van der Waals surface area (Å²) in [5, 5.41) is 9.99. The number of nitrogens with two attached hydrogens (primary N) is 1. The molecule has 2 N–H and O–H groups in total. The van der Waals surface area contributed by atoms with Crippen molar-refractivity contribution in [2.24, 2.45) is 5.73 Å². The lowest BCUT2D eigenvalue weighted by Gasteiger charge is -1.89. The normalized spacial score (nSPS) is 8.93. The zero-order chi connectivity index (χ0) is 11.7. The summed E-state index contributed by atoms with van der Waals surface area (Å²) >= 11 is 0. The highest BCUT2D eigenvalue weighted by molar-refractivity contribution is 5.30. The molecule has 0 aromatic heterocycles. The lowest BCUT2D eigenvalue weighted by Crippen LogP contribution is -2.04. The summed E-state index contributed by atoms with van der Waals surface area (Å²) in [5.41, 5.74) is 4.49.